The topological polar surface area (TPSA) is 65.5 Å². The van der Waals surface area contributed by atoms with Gasteiger partial charge in [-0.3, -0.25) is 0 Å². The van der Waals surface area contributed by atoms with Crippen molar-refractivity contribution in [1.29, 1.82) is 0 Å². The van der Waals surface area contributed by atoms with Crippen molar-refractivity contribution in [3.05, 3.63) is 41.7 Å². The molecule has 17 heavy (non-hydrogen) atoms. The minimum atomic E-state index is -0.598. The zero-order valence-electron chi connectivity index (χ0n) is 9.73. The fourth-order valence-corrected chi connectivity index (χ4v) is 1.03. The van der Waals surface area contributed by atoms with Crippen LogP contribution in [0.5, 0.6) is 0 Å². The van der Waals surface area contributed by atoms with Gasteiger partial charge in [0.2, 0.25) is 0 Å². The largest absolute Gasteiger partial charge is 0.464 e. The van der Waals surface area contributed by atoms with Crippen molar-refractivity contribution in [2.24, 2.45) is 0 Å². The van der Waals surface area contributed by atoms with E-state index in [2.05, 4.69) is 16.3 Å². The molecule has 1 heterocycles. The van der Waals surface area contributed by atoms with Gasteiger partial charge in [-0.1, -0.05) is 12.6 Å². The van der Waals surface area contributed by atoms with Gasteiger partial charge in [-0.2, -0.15) is 0 Å². The molecule has 1 aromatic rings. The zero-order chi connectivity index (χ0) is 12.8. The number of ether oxygens (including phenoxy) is 2. The van der Waals surface area contributed by atoms with Gasteiger partial charge in [-0.05, 0) is 24.6 Å². The van der Waals surface area contributed by atoms with E-state index in [1.165, 1.54) is 25.3 Å². The number of aromatic nitrogens is 1. The molecule has 0 radical (unpaired) electrons. The molecule has 5 nitrogen and oxygen atoms in total. The molecule has 0 atom stereocenters. The summed E-state index contributed by atoms with van der Waals surface area (Å²) in [6.45, 7) is 5.48. The number of hydrogen-bond acceptors (Lipinski definition) is 5. The van der Waals surface area contributed by atoms with Crippen molar-refractivity contribution >= 4 is 11.9 Å². The Morgan fingerprint density at radius 2 is 1.88 bits per heavy atom. The fraction of sp³-hybridized carbons (Fsp3) is 0.250. The first kappa shape index (κ1) is 12.9. The number of hydrogen-bond donors (Lipinski definition) is 0. The van der Waals surface area contributed by atoms with E-state index < -0.39 is 11.9 Å². The van der Waals surface area contributed by atoms with Crippen molar-refractivity contribution in [3.8, 4) is 0 Å². The molecule has 0 aliphatic carbocycles. The van der Waals surface area contributed by atoms with Crippen LogP contribution in [0.1, 0.15) is 27.9 Å². The molecule has 90 valence electrons. The van der Waals surface area contributed by atoms with Crippen LogP contribution in [0.2, 0.25) is 0 Å². The Bertz CT molecular complexity index is 454. The van der Waals surface area contributed by atoms with Crippen molar-refractivity contribution in [2.45, 2.75) is 6.92 Å². The van der Waals surface area contributed by atoms with E-state index in [1.807, 2.05) is 0 Å². The highest BCUT2D eigenvalue weighted by Gasteiger charge is 2.13. The minimum absolute atomic E-state index is 0.0640. The van der Waals surface area contributed by atoms with Gasteiger partial charge in [0.15, 0.2) is 0 Å². The molecule has 1 rings (SSSR count). The van der Waals surface area contributed by atoms with Crippen LogP contribution in [0.4, 0.5) is 0 Å². The summed E-state index contributed by atoms with van der Waals surface area (Å²) in [5, 5.41) is 0. The van der Waals surface area contributed by atoms with Crippen molar-refractivity contribution in [1.82, 2.24) is 4.98 Å². The highest BCUT2D eigenvalue weighted by Crippen LogP contribution is 2.03. The van der Waals surface area contributed by atoms with E-state index >= 15 is 0 Å². The summed E-state index contributed by atoms with van der Waals surface area (Å²) in [7, 11) is 1.25. The molecule has 0 saturated heterocycles. The number of esters is 2. The second kappa shape index (κ2) is 5.79. The lowest BCUT2D eigenvalue weighted by atomic mass is 10.3. The van der Waals surface area contributed by atoms with E-state index in [0.717, 1.165) is 5.57 Å². The molecule has 0 fully saturated rings. The predicted molar refractivity (Wildman–Crippen MR) is 60.7 cm³/mol. The summed E-state index contributed by atoms with van der Waals surface area (Å²) >= 11 is 0. The van der Waals surface area contributed by atoms with E-state index in [4.69, 9.17) is 4.74 Å². The number of nitrogens with zero attached hydrogens (tertiary/aromatic N) is 1. The highest BCUT2D eigenvalue weighted by atomic mass is 16.5. The van der Waals surface area contributed by atoms with E-state index in [9.17, 15) is 9.59 Å². The maximum absolute atomic E-state index is 11.5. The lowest BCUT2D eigenvalue weighted by molar-refractivity contribution is 0.0532. The summed E-state index contributed by atoms with van der Waals surface area (Å²) in [4.78, 5) is 26.6. The Morgan fingerprint density at radius 1 is 1.29 bits per heavy atom. The van der Waals surface area contributed by atoms with Gasteiger partial charge in [0.1, 0.15) is 18.0 Å². The minimum Gasteiger partial charge on any atom is -0.464 e. The Morgan fingerprint density at radius 3 is 2.41 bits per heavy atom. The maximum atomic E-state index is 11.5. The summed E-state index contributed by atoms with van der Waals surface area (Å²) in [6.07, 6.45) is 0. The molecule has 0 aliphatic heterocycles. The van der Waals surface area contributed by atoms with Crippen LogP contribution in [0.3, 0.4) is 0 Å². The third-order valence-electron chi connectivity index (χ3n) is 1.80. The van der Waals surface area contributed by atoms with Gasteiger partial charge in [0, 0.05) is 0 Å². The second-order valence-corrected chi connectivity index (χ2v) is 3.43. The molecule has 0 N–H and O–H groups in total. The number of methoxy groups -OCH3 is 1. The summed E-state index contributed by atoms with van der Waals surface area (Å²) in [5.41, 5.74) is 0.855. The van der Waals surface area contributed by atoms with Gasteiger partial charge in [0.25, 0.3) is 0 Å². The van der Waals surface area contributed by atoms with Gasteiger partial charge in [-0.25, -0.2) is 14.6 Å². The lowest BCUT2D eigenvalue weighted by Crippen LogP contribution is -2.12. The van der Waals surface area contributed by atoms with Crippen LogP contribution in [0, 0.1) is 0 Å². The number of carbonyl (C=O) groups is 2. The quantitative estimate of drug-likeness (QED) is 0.585. The lowest BCUT2D eigenvalue weighted by Gasteiger charge is -2.04. The van der Waals surface area contributed by atoms with Crippen LogP contribution in [-0.4, -0.2) is 30.6 Å². The molecule has 1 aromatic heterocycles. The highest BCUT2D eigenvalue weighted by molar-refractivity contribution is 5.91. The van der Waals surface area contributed by atoms with Crippen LogP contribution >= 0.6 is 0 Å². The number of rotatable bonds is 4. The van der Waals surface area contributed by atoms with E-state index in [0.29, 0.717) is 0 Å². The van der Waals surface area contributed by atoms with Crippen LogP contribution in [0.25, 0.3) is 0 Å². The van der Waals surface area contributed by atoms with Crippen LogP contribution in [0.15, 0.2) is 30.4 Å². The van der Waals surface area contributed by atoms with Gasteiger partial charge >= 0.3 is 11.9 Å². The number of carbonyl (C=O) groups excluding carboxylic acids is 2. The van der Waals surface area contributed by atoms with Gasteiger partial charge < -0.3 is 9.47 Å². The second-order valence-electron chi connectivity index (χ2n) is 3.43. The number of pyridine rings is 1. The summed E-state index contributed by atoms with van der Waals surface area (Å²) < 4.78 is 9.41. The molecule has 0 spiro atoms. The third kappa shape index (κ3) is 3.71. The summed E-state index contributed by atoms with van der Waals surface area (Å²) in [5.74, 6) is -1.20. The molecule has 0 saturated carbocycles. The van der Waals surface area contributed by atoms with E-state index in [-0.39, 0.29) is 18.0 Å². The normalized spacial score (nSPS) is 9.53. The summed E-state index contributed by atoms with van der Waals surface area (Å²) in [6, 6.07) is 4.46. The Kier molecular flexibility index (Phi) is 4.39. The molecular weight excluding hydrogens is 222 g/mol. The van der Waals surface area contributed by atoms with Crippen LogP contribution in [-0.2, 0) is 9.47 Å². The molecule has 5 heteroatoms. The zero-order valence-corrected chi connectivity index (χ0v) is 9.73. The van der Waals surface area contributed by atoms with Crippen LogP contribution < -0.4 is 0 Å². The maximum Gasteiger partial charge on any atom is 0.357 e. The fourth-order valence-electron chi connectivity index (χ4n) is 1.03. The average Bonchev–Trinajstić information content (AvgIpc) is 2.35. The molecule has 0 aromatic carbocycles. The van der Waals surface area contributed by atoms with Gasteiger partial charge in [0.05, 0.1) is 7.11 Å². The molecular formula is C12H13NO4. The third-order valence-corrected chi connectivity index (χ3v) is 1.80. The Balaban J connectivity index is 2.80. The first-order valence-corrected chi connectivity index (χ1v) is 4.91. The molecule has 0 bridgehead atoms. The van der Waals surface area contributed by atoms with Crippen molar-refractivity contribution < 1.29 is 19.1 Å². The molecule has 0 unspecified atom stereocenters. The standard InChI is InChI=1S/C12H13NO4/c1-8(2)7-17-12(15)10-6-4-5-9(13-10)11(14)16-3/h4-6H,1,7H2,2-3H3. The van der Waals surface area contributed by atoms with Crippen molar-refractivity contribution in [3.63, 3.8) is 0 Å². The first-order valence-electron chi connectivity index (χ1n) is 4.91. The SMILES string of the molecule is C=C(C)COC(=O)c1cccc(C(=O)OC)n1. The smallest absolute Gasteiger partial charge is 0.357 e. The molecule has 0 amide bonds. The Labute approximate surface area is 99.1 Å². The van der Waals surface area contributed by atoms with Gasteiger partial charge in [-0.15, -0.1) is 0 Å². The van der Waals surface area contributed by atoms with Crippen molar-refractivity contribution in [2.75, 3.05) is 13.7 Å². The first-order chi connectivity index (χ1) is 8.04. The average molecular weight is 235 g/mol. The Hall–Kier alpha value is -2.17. The monoisotopic (exact) mass is 235 g/mol. The molecule has 0 aliphatic rings. The predicted octanol–water partition coefficient (Wildman–Crippen LogP) is 1.60. The van der Waals surface area contributed by atoms with E-state index in [1.54, 1.807) is 6.92 Å².